The zero-order valence-electron chi connectivity index (χ0n) is 15.5. The second-order valence-electron chi connectivity index (χ2n) is 6.62. The van der Waals surface area contributed by atoms with Crippen molar-refractivity contribution in [2.24, 2.45) is 5.92 Å². The monoisotopic (exact) mass is 445 g/mol. The topological polar surface area (TPSA) is 83.0 Å². The Balaban J connectivity index is 1.99. The fraction of sp³-hybridized carbons (Fsp3) is 0.250. The molecule has 1 atom stereocenters. The van der Waals surface area contributed by atoms with Gasteiger partial charge >= 0.3 is 0 Å². The van der Waals surface area contributed by atoms with E-state index < -0.39 is 5.82 Å². The maximum absolute atomic E-state index is 14.2. The smallest absolute Gasteiger partial charge is 0.225 e. The molecule has 0 amide bonds. The maximum Gasteiger partial charge on any atom is 0.225 e. The molecule has 0 aliphatic carbocycles. The zero-order valence-corrected chi connectivity index (χ0v) is 17.1. The minimum atomic E-state index is -0.400. The van der Waals surface area contributed by atoms with Crippen LogP contribution in [0.3, 0.4) is 0 Å². The third kappa shape index (κ3) is 5.02. The van der Waals surface area contributed by atoms with Crippen molar-refractivity contribution >= 4 is 33.4 Å². The molecule has 3 aromatic rings. The lowest BCUT2D eigenvalue weighted by Gasteiger charge is -2.20. The molecule has 0 unspecified atom stereocenters. The normalized spacial score (nSPS) is 12.1. The van der Waals surface area contributed by atoms with Gasteiger partial charge in [-0.3, -0.25) is 4.98 Å². The molecule has 0 radical (unpaired) electrons. The third-order valence-electron chi connectivity index (χ3n) is 4.21. The summed E-state index contributed by atoms with van der Waals surface area (Å²) in [4.78, 5) is 13.0. The summed E-state index contributed by atoms with van der Waals surface area (Å²) < 4.78 is 14.9. The van der Waals surface area contributed by atoms with Crippen molar-refractivity contribution in [2.75, 3.05) is 17.2 Å². The highest BCUT2D eigenvalue weighted by atomic mass is 79.9. The van der Waals surface area contributed by atoms with Crippen LogP contribution in [0.1, 0.15) is 13.8 Å². The van der Waals surface area contributed by atoms with Crippen molar-refractivity contribution in [1.82, 2.24) is 15.0 Å². The summed E-state index contributed by atoms with van der Waals surface area (Å²) in [6, 6.07) is 9.97. The highest BCUT2D eigenvalue weighted by Crippen LogP contribution is 2.26. The standard InChI is InChI=1S/C20H21BrFN5O/c1-12(2)18(11-28)26-20-25-17(13-5-7-23-8-6-13)10-19(27-20)24-16-4-3-14(21)9-15(16)22/h3-10,12,18,28H,11H2,1-2H3,(H2,24,25,26,27)/t18-/m0/s1. The molecule has 0 spiro atoms. The number of nitrogens with one attached hydrogen (secondary N) is 2. The molecule has 2 heterocycles. The third-order valence-corrected chi connectivity index (χ3v) is 4.71. The largest absolute Gasteiger partial charge is 0.394 e. The van der Waals surface area contributed by atoms with Gasteiger partial charge < -0.3 is 15.7 Å². The number of hydrogen-bond donors (Lipinski definition) is 3. The van der Waals surface area contributed by atoms with Crippen molar-refractivity contribution in [3.05, 3.63) is 59.1 Å². The molecule has 0 fully saturated rings. The molecule has 2 aromatic heterocycles. The Bertz CT molecular complexity index is 939. The molecule has 0 saturated heterocycles. The van der Waals surface area contributed by atoms with Gasteiger partial charge in [-0.05, 0) is 36.2 Å². The highest BCUT2D eigenvalue weighted by molar-refractivity contribution is 9.10. The van der Waals surface area contributed by atoms with Gasteiger partial charge in [0.2, 0.25) is 5.95 Å². The first-order valence-electron chi connectivity index (χ1n) is 8.85. The van der Waals surface area contributed by atoms with Crippen LogP contribution in [0.5, 0.6) is 0 Å². The Morgan fingerprint density at radius 3 is 2.50 bits per heavy atom. The summed E-state index contributed by atoms with van der Waals surface area (Å²) in [5.74, 6) is 0.565. The fourth-order valence-corrected chi connectivity index (χ4v) is 2.90. The van der Waals surface area contributed by atoms with E-state index in [-0.39, 0.29) is 18.6 Å². The summed E-state index contributed by atoms with van der Waals surface area (Å²) in [5, 5.41) is 15.8. The predicted octanol–water partition coefficient (Wildman–Crippen LogP) is 4.61. The van der Waals surface area contributed by atoms with Gasteiger partial charge in [-0.25, -0.2) is 9.37 Å². The van der Waals surface area contributed by atoms with E-state index >= 15 is 0 Å². The molecule has 0 aliphatic rings. The van der Waals surface area contributed by atoms with E-state index in [1.165, 1.54) is 6.07 Å². The Morgan fingerprint density at radius 1 is 1.11 bits per heavy atom. The summed E-state index contributed by atoms with van der Waals surface area (Å²) in [6.07, 6.45) is 3.35. The van der Waals surface area contributed by atoms with E-state index in [0.29, 0.717) is 27.6 Å². The lowest BCUT2D eigenvalue weighted by Crippen LogP contribution is -2.30. The van der Waals surface area contributed by atoms with Gasteiger partial charge in [0.1, 0.15) is 11.6 Å². The van der Waals surface area contributed by atoms with E-state index in [1.54, 1.807) is 30.6 Å². The summed E-state index contributed by atoms with van der Waals surface area (Å²) in [7, 11) is 0. The number of aromatic nitrogens is 3. The van der Waals surface area contributed by atoms with E-state index in [0.717, 1.165) is 5.56 Å². The van der Waals surface area contributed by atoms with Crippen molar-refractivity contribution in [1.29, 1.82) is 0 Å². The Labute approximate surface area is 171 Å². The Hall–Kier alpha value is -2.58. The van der Waals surface area contributed by atoms with Gasteiger partial charge in [-0.2, -0.15) is 4.98 Å². The maximum atomic E-state index is 14.2. The van der Waals surface area contributed by atoms with E-state index in [2.05, 4.69) is 41.5 Å². The lowest BCUT2D eigenvalue weighted by atomic mass is 10.1. The minimum Gasteiger partial charge on any atom is -0.394 e. The first kappa shape index (κ1) is 20.2. The molecule has 6 nitrogen and oxygen atoms in total. The Kier molecular flexibility index (Phi) is 6.53. The quantitative estimate of drug-likeness (QED) is 0.492. The second-order valence-corrected chi connectivity index (χ2v) is 7.54. The second kappa shape index (κ2) is 9.07. The van der Waals surface area contributed by atoms with Gasteiger partial charge in [-0.1, -0.05) is 29.8 Å². The molecule has 146 valence electrons. The number of nitrogens with zero attached hydrogens (tertiary/aromatic N) is 3. The average molecular weight is 446 g/mol. The number of hydrogen-bond acceptors (Lipinski definition) is 6. The molecule has 1 aromatic carbocycles. The molecule has 3 N–H and O–H groups in total. The number of pyridine rings is 1. The van der Waals surface area contributed by atoms with Crippen molar-refractivity contribution < 1.29 is 9.50 Å². The van der Waals surface area contributed by atoms with Gasteiger partial charge in [-0.15, -0.1) is 0 Å². The van der Waals surface area contributed by atoms with Crippen molar-refractivity contribution in [2.45, 2.75) is 19.9 Å². The van der Waals surface area contributed by atoms with Crippen LogP contribution in [0.4, 0.5) is 21.8 Å². The lowest BCUT2D eigenvalue weighted by molar-refractivity contribution is 0.248. The van der Waals surface area contributed by atoms with Gasteiger partial charge in [0, 0.05) is 28.5 Å². The molecule has 0 aliphatic heterocycles. The SMILES string of the molecule is CC(C)[C@H](CO)Nc1nc(Nc2ccc(Br)cc2F)cc(-c2ccncc2)n1. The molecule has 3 rings (SSSR count). The number of halogens is 2. The zero-order chi connectivity index (χ0) is 20.1. The van der Waals surface area contributed by atoms with E-state index in [4.69, 9.17) is 0 Å². The molecular weight excluding hydrogens is 425 g/mol. The van der Waals surface area contributed by atoms with Crippen LogP contribution in [-0.4, -0.2) is 32.7 Å². The van der Waals surface area contributed by atoms with Gasteiger partial charge in [0.15, 0.2) is 0 Å². The van der Waals surface area contributed by atoms with Crippen LogP contribution in [0.2, 0.25) is 0 Å². The average Bonchev–Trinajstić information content (AvgIpc) is 2.68. The number of aliphatic hydroxyl groups excluding tert-OH is 1. The first-order valence-corrected chi connectivity index (χ1v) is 9.64. The number of benzene rings is 1. The van der Waals surface area contributed by atoms with Crippen molar-refractivity contribution in [3.63, 3.8) is 0 Å². The van der Waals surface area contributed by atoms with Crippen LogP contribution in [0.25, 0.3) is 11.3 Å². The number of aliphatic hydroxyl groups is 1. The van der Waals surface area contributed by atoms with E-state index in [9.17, 15) is 9.50 Å². The molecule has 0 bridgehead atoms. The van der Waals surface area contributed by atoms with Crippen LogP contribution in [0.15, 0.2) is 53.3 Å². The number of anilines is 3. The van der Waals surface area contributed by atoms with Crippen LogP contribution < -0.4 is 10.6 Å². The van der Waals surface area contributed by atoms with Gasteiger partial charge in [0.25, 0.3) is 0 Å². The van der Waals surface area contributed by atoms with E-state index in [1.807, 2.05) is 26.0 Å². The highest BCUT2D eigenvalue weighted by Gasteiger charge is 2.15. The minimum absolute atomic E-state index is 0.0510. The first-order chi connectivity index (χ1) is 13.5. The van der Waals surface area contributed by atoms with Crippen LogP contribution in [-0.2, 0) is 0 Å². The van der Waals surface area contributed by atoms with Crippen LogP contribution in [0, 0.1) is 11.7 Å². The van der Waals surface area contributed by atoms with Crippen molar-refractivity contribution in [3.8, 4) is 11.3 Å². The van der Waals surface area contributed by atoms with Crippen LogP contribution >= 0.6 is 15.9 Å². The summed E-state index contributed by atoms with van der Waals surface area (Å²) in [6.45, 7) is 3.94. The van der Waals surface area contributed by atoms with Gasteiger partial charge in [0.05, 0.1) is 24.0 Å². The summed E-state index contributed by atoms with van der Waals surface area (Å²) >= 11 is 3.25. The molecular formula is C20H21BrFN5O. The predicted molar refractivity (Wildman–Crippen MR) is 112 cm³/mol. The number of rotatable bonds is 7. The Morgan fingerprint density at radius 2 is 1.86 bits per heavy atom. The molecule has 8 heteroatoms. The fourth-order valence-electron chi connectivity index (χ4n) is 2.56. The molecule has 0 saturated carbocycles. The molecule has 28 heavy (non-hydrogen) atoms. The summed E-state index contributed by atoms with van der Waals surface area (Å²) in [5.41, 5.74) is 1.81.